The Morgan fingerprint density at radius 3 is 2.56 bits per heavy atom. The van der Waals surface area contributed by atoms with Crippen molar-refractivity contribution in [1.82, 2.24) is 5.32 Å². The zero-order valence-electron chi connectivity index (χ0n) is 9.96. The number of nitrogens with two attached hydrogens (primary N) is 1. The van der Waals surface area contributed by atoms with Crippen molar-refractivity contribution in [2.24, 2.45) is 22.5 Å². The second-order valence-corrected chi connectivity index (χ2v) is 5.58. The van der Waals surface area contributed by atoms with Crippen molar-refractivity contribution in [3.63, 3.8) is 0 Å². The van der Waals surface area contributed by atoms with Gasteiger partial charge in [0.15, 0.2) is 5.78 Å². The van der Waals surface area contributed by atoms with E-state index in [-0.39, 0.29) is 22.5 Å². The number of hydrogen-bond donors (Lipinski definition) is 2. The number of carbonyl (C=O) groups is 2. The van der Waals surface area contributed by atoms with Gasteiger partial charge >= 0.3 is 6.03 Å². The van der Waals surface area contributed by atoms with Crippen LogP contribution in [0, 0.1) is 16.7 Å². The normalized spacial score (nSPS) is 38.1. The zero-order valence-corrected chi connectivity index (χ0v) is 9.96. The molecule has 3 N–H and O–H groups in total. The first-order chi connectivity index (χ1) is 7.30. The van der Waals surface area contributed by atoms with Crippen molar-refractivity contribution in [3.05, 3.63) is 11.8 Å². The Balaban J connectivity index is 2.37. The van der Waals surface area contributed by atoms with Gasteiger partial charge in [0.05, 0.1) is 0 Å². The van der Waals surface area contributed by atoms with Crippen LogP contribution in [-0.2, 0) is 4.79 Å². The molecule has 0 aromatic rings. The number of carbonyl (C=O) groups excluding carboxylic acids is 2. The quantitative estimate of drug-likeness (QED) is 0.661. The number of amides is 2. The van der Waals surface area contributed by atoms with E-state index in [9.17, 15) is 9.59 Å². The number of hydrogen-bond acceptors (Lipinski definition) is 2. The van der Waals surface area contributed by atoms with Gasteiger partial charge in [-0.2, -0.15) is 0 Å². The second-order valence-electron chi connectivity index (χ2n) is 5.58. The van der Waals surface area contributed by atoms with Crippen LogP contribution in [0.1, 0.15) is 33.6 Å². The summed E-state index contributed by atoms with van der Waals surface area (Å²) in [5.74, 6) is 0.416. The molecule has 2 fully saturated rings. The summed E-state index contributed by atoms with van der Waals surface area (Å²) in [7, 11) is 0. The number of allylic oxidation sites excluding steroid dienone is 1. The molecule has 2 amide bonds. The predicted octanol–water partition coefficient (Wildman–Crippen LogP) is 1.56. The van der Waals surface area contributed by atoms with Crippen LogP contribution in [0.2, 0.25) is 0 Å². The number of fused-ring (bicyclic) bond motifs is 2. The van der Waals surface area contributed by atoms with Crippen LogP contribution in [0.25, 0.3) is 0 Å². The smallest absolute Gasteiger partial charge is 0.316 e. The molecule has 2 aliphatic carbocycles. The van der Waals surface area contributed by atoms with Crippen LogP contribution in [0.4, 0.5) is 4.79 Å². The van der Waals surface area contributed by atoms with Crippen LogP contribution >= 0.6 is 0 Å². The SMILES string of the molecule is CC12CCC(/C(=C/NC(N)=O)C1=O)C2(C)C. The standard InChI is InChI=1S/C12H18N2O2/c1-11(2)8-4-5-12(11,3)9(15)7(8)6-14-10(13)16/h6,8H,4-5H2,1-3H3,(H3,13,14,16)/b7-6-. The van der Waals surface area contributed by atoms with Crippen molar-refractivity contribution < 1.29 is 9.59 Å². The van der Waals surface area contributed by atoms with E-state index >= 15 is 0 Å². The first kappa shape index (κ1) is 11.2. The Hall–Kier alpha value is -1.32. The molecule has 0 aromatic heterocycles. The highest BCUT2D eigenvalue weighted by Gasteiger charge is 2.63. The summed E-state index contributed by atoms with van der Waals surface area (Å²) in [4.78, 5) is 22.9. The molecule has 0 spiro atoms. The Morgan fingerprint density at radius 1 is 1.50 bits per heavy atom. The van der Waals surface area contributed by atoms with E-state index in [1.807, 2.05) is 6.92 Å². The minimum absolute atomic E-state index is 0.0186. The van der Waals surface area contributed by atoms with Crippen LogP contribution in [0.5, 0.6) is 0 Å². The van der Waals surface area contributed by atoms with Crippen molar-refractivity contribution in [1.29, 1.82) is 0 Å². The van der Waals surface area contributed by atoms with Crippen LogP contribution in [-0.4, -0.2) is 11.8 Å². The van der Waals surface area contributed by atoms with Gasteiger partial charge in [-0.05, 0) is 24.2 Å². The first-order valence-electron chi connectivity index (χ1n) is 5.61. The second kappa shape index (κ2) is 3.09. The Labute approximate surface area is 95.3 Å². The fourth-order valence-corrected chi connectivity index (χ4v) is 3.24. The van der Waals surface area contributed by atoms with E-state index in [4.69, 9.17) is 5.73 Å². The van der Waals surface area contributed by atoms with E-state index in [0.717, 1.165) is 18.4 Å². The summed E-state index contributed by atoms with van der Waals surface area (Å²) in [6, 6.07) is -0.619. The Kier molecular flexibility index (Phi) is 2.16. The fourth-order valence-electron chi connectivity index (χ4n) is 3.24. The molecule has 2 bridgehead atoms. The maximum Gasteiger partial charge on any atom is 0.316 e. The number of Topliss-reactive ketones (excluding diaryl/α,β-unsaturated/α-hetero) is 1. The number of ketones is 1. The minimum Gasteiger partial charge on any atom is -0.351 e. The molecule has 0 radical (unpaired) electrons. The lowest BCUT2D eigenvalue weighted by atomic mass is 9.70. The van der Waals surface area contributed by atoms with Gasteiger partial charge in [-0.3, -0.25) is 4.79 Å². The highest BCUT2D eigenvalue weighted by molar-refractivity contribution is 6.04. The lowest BCUT2D eigenvalue weighted by Gasteiger charge is -2.31. The molecule has 0 heterocycles. The minimum atomic E-state index is -0.619. The van der Waals surface area contributed by atoms with E-state index in [0.29, 0.717) is 0 Å². The summed E-state index contributed by atoms with van der Waals surface area (Å²) in [6.45, 7) is 6.29. The Bertz CT molecular complexity index is 398. The van der Waals surface area contributed by atoms with Crippen molar-refractivity contribution in [2.45, 2.75) is 33.6 Å². The lowest BCUT2D eigenvalue weighted by molar-refractivity contribution is -0.125. The molecule has 16 heavy (non-hydrogen) atoms. The molecule has 2 rings (SSSR count). The number of rotatable bonds is 1. The largest absolute Gasteiger partial charge is 0.351 e. The van der Waals surface area contributed by atoms with E-state index in [2.05, 4.69) is 19.2 Å². The maximum absolute atomic E-state index is 12.3. The van der Waals surface area contributed by atoms with E-state index in [1.165, 1.54) is 6.20 Å². The van der Waals surface area contributed by atoms with Gasteiger partial charge in [-0.25, -0.2) is 4.79 Å². The van der Waals surface area contributed by atoms with Gasteiger partial charge < -0.3 is 11.1 Å². The highest BCUT2D eigenvalue weighted by atomic mass is 16.2. The maximum atomic E-state index is 12.3. The molecule has 2 unspecified atom stereocenters. The van der Waals surface area contributed by atoms with Gasteiger partial charge in [-0.1, -0.05) is 20.8 Å². The van der Waals surface area contributed by atoms with Crippen LogP contribution in [0.3, 0.4) is 0 Å². The number of primary amides is 1. The molecule has 4 heteroatoms. The lowest BCUT2D eigenvalue weighted by Crippen LogP contribution is -2.32. The molecule has 2 atom stereocenters. The van der Waals surface area contributed by atoms with Crippen LogP contribution < -0.4 is 11.1 Å². The fraction of sp³-hybridized carbons (Fsp3) is 0.667. The Morgan fingerprint density at radius 2 is 2.12 bits per heavy atom. The monoisotopic (exact) mass is 222 g/mol. The molecule has 4 nitrogen and oxygen atoms in total. The number of nitrogens with one attached hydrogen (secondary N) is 1. The average Bonchev–Trinajstić information content (AvgIpc) is 2.47. The van der Waals surface area contributed by atoms with Crippen molar-refractivity contribution in [2.75, 3.05) is 0 Å². The molecule has 2 aliphatic rings. The summed E-state index contributed by atoms with van der Waals surface area (Å²) < 4.78 is 0. The third-order valence-electron chi connectivity index (χ3n) is 4.73. The summed E-state index contributed by atoms with van der Waals surface area (Å²) in [5, 5.41) is 2.41. The van der Waals surface area contributed by atoms with E-state index < -0.39 is 6.03 Å². The molecule has 0 aliphatic heterocycles. The summed E-state index contributed by atoms with van der Waals surface area (Å²) in [5.41, 5.74) is 5.45. The third-order valence-corrected chi connectivity index (χ3v) is 4.73. The predicted molar refractivity (Wildman–Crippen MR) is 60.4 cm³/mol. The zero-order chi connectivity index (χ0) is 12.1. The summed E-state index contributed by atoms with van der Waals surface area (Å²) in [6.07, 6.45) is 3.46. The first-order valence-corrected chi connectivity index (χ1v) is 5.61. The van der Waals surface area contributed by atoms with Crippen molar-refractivity contribution in [3.8, 4) is 0 Å². The van der Waals surface area contributed by atoms with Gasteiger partial charge in [-0.15, -0.1) is 0 Å². The molecular formula is C12H18N2O2. The van der Waals surface area contributed by atoms with Crippen LogP contribution in [0.15, 0.2) is 11.8 Å². The third kappa shape index (κ3) is 1.16. The van der Waals surface area contributed by atoms with Gasteiger partial charge in [0.25, 0.3) is 0 Å². The summed E-state index contributed by atoms with van der Waals surface area (Å²) >= 11 is 0. The average molecular weight is 222 g/mol. The molecule has 0 saturated heterocycles. The molecule has 2 saturated carbocycles. The molecule has 88 valence electrons. The van der Waals surface area contributed by atoms with E-state index in [1.54, 1.807) is 0 Å². The molecular weight excluding hydrogens is 204 g/mol. The van der Waals surface area contributed by atoms with Crippen molar-refractivity contribution >= 4 is 11.8 Å². The van der Waals surface area contributed by atoms with Gasteiger partial charge in [0, 0.05) is 17.2 Å². The molecule has 0 aromatic carbocycles. The van der Waals surface area contributed by atoms with Gasteiger partial charge in [0.1, 0.15) is 0 Å². The topological polar surface area (TPSA) is 72.2 Å². The highest BCUT2D eigenvalue weighted by Crippen LogP contribution is 2.65. The number of urea groups is 1. The van der Waals surface area contributed by atoms with Gasteiger partial charge in [0.2, 0.25) is 0 Å².